The summed E-state index contributed by atoms with van der Waals surface area (Å²) in [6, 6.07) is 2.94. The van der Waals surface area contributed by atoms with Crippen LogP contribution >= 0.6 is 0 Å². The van der Waals surface area contributed by atoms with E-state index in [1.807, 2.05) is 0 Å². The van der Waals surface area contributed by atoms with Gasteiger partial charge in [-0.15, -0.1) is 0 Å². The molecule has 4 heteroatoms. The van der Waals surface area contributed by atoms with E-state index in [0.717, 1.165) is 31.0 Å². The summed E-state index contributed by atoms with van der Waals surface area (Å²) in [7, 11) is -1.86. The van der Waals surface area contributed by atoms with E-state index in [2.05, 4.69) is 27.7 Å². The normalized spacial score (nSPS) is 11.5. The predicted molar refractivity (Wildman–Crippen MR) is 101 cm³/mol. The van der Waals surface area contributed by atoms with E-state index in [4.69, 9.17) is 9.16 Å². The van der Waals surface area contributed by atoms with E-state index in [9.17, 15) is 4.79 Å². The third kappa shape index (κ3) is 11.6. The van der Waals surface area contributed by atoms with Gasteiger partial charge in [-0.05, 0) is 24.6 Å². The highest BCUT2D eigenvalue weighted by Gasteiger charge is 2.33. The average Bonchev–Trinajstić information content (AvgIpc) is 2.57. The van der Waals surface area contributed by atoms with Gasteiger partial charge in [0.05, 0.1) is 6.61 Å². The minimum Gasteiger partial charge on any atom is -0.489 e. The lowest BCUT2D eigenvalue weighted by Crippen LogP contribution is -2.38. The van der Waals surface area contributed by atoms with Gasteiger partial charge in [-0.1, -0.05) is 85.5 Å². The molecule has 3 nitrogen and oxygen atoms in total. The number of hydrogen-bond acceptors (Lipinski definition) is 3. The van der Waals surface area contributed by atoms with Gasteiger partial charge in [0.2, 0.25) is 0 Å². The van der Waals surface area contributed by atoms with Crippen molar-refractivity contribution in [1.29, 1.82) is 0 Å². The lowest BCUT2D eigenvalue weighted by atomic mass is 10.1. The molecule has 0 aromatic heterocycles. The highest BCUT2D eigenvalue weighted by atomic mass is 28.4. The van der Waals surface area contributed by atoms with E-state index < -0.39 is 14.5 Å². The van der Waals surface area contributed by atoms with Crippen LogP contribution in [0.4, 0.5) is 4.79 Å². The maximum atomic E-state index is 11.8. The second kappa shape index (κ2) is 15.0. The average molecular weight is 345 g/mol. The molecule has 0 amide bonds. The Kier molecular flexibility index (Phi) is 14.7. The maximum absolute atomic E-state index is 11.8. The maximum Gasteiger partial charge on any atom is 0.494 e. The molecule has 0 N–H and O–H groups in total. The summed E-state index contributed by atoms with van der Waals surface area (Å²) in [6.45, 7) is 9.13. The topological polar surface area (TPSA) is 35.5 Å². The minimum absolute atomic E-state index is 0.432. The van der Waals surface area contributed by atoms with Gasteiger partial charge < -0.3 is 9.16 Å². The Morgan fingerprint density at radius 2 is 1.13 bits per heavy atom. The Bertz CT molecular complexity index is 270. The summed E-state index contributed by atoms with van der Waals surface area (Å²) < 4.78 is 10.9. The highest BCUT2D eigenvalue weighted by molar-refractivity contribution is 6.74. The quantitative estimate of drug-likeness (QED) is 0.181. The van der Waals surface area contributed by atoms with Crippen LogP contribution in [0.1, 0.15) is 91.9 Å². The van der Waals surface area contributed by atoms with Crippen LogP contribution < -0.4 is 0 Å². The largest absolute Gasteiger partial charge is 0.494 e. The Morgan fingerprint density at radius 1 is 0.696 bits per heavy atom. The molecule has 0 aliphatic rings. The van der Waals surface area contributed by atoms with Gasteiger partial charge in [-0.2, -0.15) is 0 Å². The number of ether oxygens (including phenoxy) is 1. The zero-order valence-electron chi connectivity index (χ0n) is 16.1. The molecule has 0 heterocycles. The van der Waals surface area contributed by atoms with Crippen LogP contribution in [0.15, 0.2) is 0 Å². The number of rotatable bonds is 15. The van der Waals surface area contributed by atoms with Crippen LogP contribution in [0.2, 0.25) is 18.1 Å². The molecule has 0 spiro atoms. The van der Waals surface area contributed by atoms with Gasteiger partial charge in [0.15, 0.2) is 0 Å². The van der Waals surface area contributed by atoms with Crippen LogP contribution in [0.25, 0.3) is 0 Å². The molecule has 0 aromatic rings. The fraction of sp³-hybridized carbons (Fsp3) is 0.947. The lowest BCUT2D eigenvalue weighted by molar-refractivity contribution is 0.0938. The van der Waals surface area contributed by atoms with Crippen molar-refractivity contribution in [2.45, 2.75) is 110 Å². The Morgan fingerprint density at radius 3 is 1.57 bits per heavy atom. The first-order valence-electron chi connectivity index (χ1n) is 9.99. The molecule has 0 saturated carbocycles. The zero-order chi connectivity index (χ0) is 17.4. The van der Waals surface area contributed by atoms with Crippen LogP contribution in [0, 0.1) is 0 Å². The van der Waals surface area contributed by atoms with E-state index in [-0.39, 0.29) is 0 Å². The van der Waals surface area contributed by atoms with Gasteiger partial charge in [0.1, 0.15) is 0 Å². The fourth-order valence-corrected chi connectivity index (χ4v) is 5.26. The second-order valence-corrected chi connectivity index (χ2v) is 11.3. The van der Waals surface area contributed by atoms with Crippen molar-refractivity contribution in [3.8, 4) is 0 Å². The first-order chi connectivity index (χ1) is 11.1. The van der Waals surface area contributed by atoms with Crippen molar-refractivity contribution >= 4 is 14.5 Å². The summed E-state index contributed by atoms with van der Waals surface area (Å²) >= 11 is 0. The standard InChI is InChI=1S/C19H40O3Si/c1-5-9-10-11-12-13-14-15-16-17-18-21-19(20)22-23(6-2,7-3)8-4/h5-18H2,1-4H3. The monoisotopic (exact) mass is 344 g/mol. The molecular weight excluding hydrogens is 304 g/mol. The molecule has 0 radical (unpaired) electrons. The van der Waals surface area contributed by atoms with Gasteiger partial charge >= 0.3 is 6.16 Å². The second-order valence-electron chi connectivity index (χ2n) is 6.63. The summed E-state index contributed by atoms with van der Waals surface area (Å²) in [5.41, 5.74) is 0. The first kappa shape index (κ1) is 22.5. The van der Waals surface area contributed by atoms with Gasteiger partial charge in [-0.3, -0.25) is 0 Å². The number of carbonyl (C=O) groups excluding carboxylic acids is 1. The first-order valence-corrected chi connectivity index (χ1v) is 12.5. The summed E-state index contributed by atoms with van der Waals surface area (Å²) in [6.07, 6.45) is 12.5. The Balaban J connectivity index is 3.49. The van der Waals surface area contributed by atoms with E-state index in [0.29, 0.717) is 6.61 Å². The van der Waals surface area contributed by atoms with Crippen molar-refractivity contribution < 1.29 is 14.0 Å². The lowest BCUT2D eigenvalue weighted by Gasteiger charge is -2.26. The molecule has 0 atom stereocenters. The third-order valence-corrected chi connectivity index (χ3v) is 9.42. The molecule has 0 saturated heterocycles. The van der Waals surface area contributed by atoms with Crippen LogP contribution in [-0.2, 0) is 9.16 Å². The van der Waals surface area contributed by atoms with Crippen LogP contribution in [0.3, 0.4) is 0 Å². The third-order valence-electron chi connectivity index (χ3n) is 4.95. The fourth-order valence-electron chi connectivity index (χ4n) is 2.92. The highest BCUT2D eigenvalue weighted by Crippen LogP contribution is 2.22. The van der Waals surface area contributed by atoms with Crippen molar-refractivity contribution in [2.24, 2.45) is 0 Å². The molecule has 0 aliphatic heterocycles. The molecule has 0 unspecified atom stereocenters. The molecule has 0 bridgehead atoms. The number of unbranched alkanes of at least 4 members (excludes halogenated alkanes) is 9. The number of carbonyl (C=O) groups is 1. The summed E-state index contributed by atoms with van der Waals surface area (Å²) in [4.78, 5) is 11.8. The molecule has 138 valence electrons. The Hall–Kier alpha value is -0.513. The van der Waals surface area contributed by atoms with Crippen LogP contribution in [0.5, 0.6) is 0 Å². The molecule has 23 heavy (non-hydrogen) atoms. The number of hydrogen-bond donors (Lipinski definition) is 0. The molecular formula is C19H40O3Si. The predicted octanol–water partition coefficient (Wildman–Crippen LogP) is 7.07. The summed E-state index contributed by atoms with van der Waals surface area (Å²) in [5.74, 6) is 0. The minimum atomic E-state index is -1.86. The van der Waals surface area contributed by atoms with Crippen molar-refractivity contribution in [3.05, 3.63) is 0 Å². The van der Waals surface area contributed by atoms with Crippen molar-refractivity contribution in [2.75, 3.05) is 6.61 Å². The Labute approximate surface area is 145 Å². The van der Waals surface area contributed by atoms with Crippen LogP contribution in [-0.4, -0.2) is 21.1 Å². The molecule has 0 aromatic carbocycles. The SMILES string of the molecule is CCCCCCCCCCCCOC(=O)O[Si](CC)(CC)CC. The van der Waals surface area contributed by atoms with E-state index >= 15 is 0 Å². The van der Waals surface area contributed by atoms with Gasteiger partial charge in [0.25, 0.3) is 8.32 Å². The smallest absolute Gasteiger partial charge is 0.489 e. The summed E-state index contributed by atoms with van der Waals surface area (Å²) in [5, 5.41) is 0. The molecule has 0 rings (SSSR count). The van der Waals surface area contributed by atoms with Gasteiger partial charge in [-0.25, -0.2) is 4.79 Å². The van der Waals surface area contributed by atoms with E-state index in [1.54, 1.807) is 0 Å². The van der Waals surface area contributed by atoms with E-state index in [1.165, 1.54) is 51.4 Å². The molecule has 0 aliphatic carbocycles. The zero-order valence-corrected chi connectivity index (χ0v) is 17.1. The molecule has 0 fully saturated rings. The van der Waals surface area contributed by atoms with Crippen molar-refractivity contribution in [3.63, 3.8) is 0 Å². The van der Waals surface area contributed by atoms with Crippen molar-refractivity contribution in [1.82, 2.24) is 0 Å². The van der Waals surface area contributed by atoms with Gasteiger partial charge in [0, 0.05) is 0 Å².